The fourth-order valence-electron chi connectivity index (χ4n) is 2.37. The predicted octanol–water partition coefficient (Wildman–Crippen LogP) is 0.556. The van der Waals surface area contributed by atoms with Crippen LogP contribution in [0.15, 0.2) is 45.0 Å². The average Bonchev–Trinajstić information content (AvgIpc) is 2.98. The molecule has 0 aliphatic carbocycles. The first-order valence-electron chi connectivity index (χ1n) is 8.46. The van der Waals surface area contributed by atoms with Gasteiger partial charge >= 0.3 is 5.69 Å². The summed E-state index contributed by atoms with van der Waals surface area (Å²) in [5, 5.41) is 16.8. The minimum absolute atomic E-state index is 0.195. The summed E-state index contributed by atoms with van der Waals surface area (Å²) in [5.74, 6) is -0.725. The second kappa shape index (κ2) is 8.52. The van der Waals surface area contributed by atoms with Crippen LogP contribution in [0, 0.1) is 6.92 Å². The smallest absolute Gasteiger partial charge is 0.342 e. The monoisotopic (exact) mass is 416 g/mol. The molecule has 0 unspecified atom stereocenters. The van der Waals surface area contributed by atoms with Crippen molar-refractivity contribution in [3.8, 4) is 5.69 Å². The Hall–Kier alpha value is -3.73. The molecule has 2 aromatic heterocycles. The summed E-state index contributed by atoms with van der Waals surface area (Å²) in [7, 11) is 0. The highest BCUT2D eigenvalue weighted by Crippen LogP contribution is 2.21. The summed E-state index contributed by atoms with van der Waals surface area (Å²) in [4.78, 5) is 36.7. The zero-order valence-corrected chi connectivity index (χ0v) is 16.2. The Kier molecular flexibility index (Phi) is 5.88. The number of nitrogens with zero attached hydrogens (tertiary/aromatic N) is 4. The average molecular weight is 417 g/mol. The van der Waals surface area contributed by atoms with Crippen molar-refractivity contribution in [3.63, 3.8) is 0 Å². The van der Waals surface area contributed by atoms with Gasteiger partial charge in [0.15, 0.2) is 0 Å². The molecule has 11 nitrogen and oxygen atoms in total. The molecule has 0 aliphatic heterocycles. The molecule has 0 radical (unpaired) electrons. The molecule has 0 bridgehead atoms. The van der Waals surface area contributed by atoms with Crippen molar-refractivity contribution in [1.29, 1.82) is 0 Å². The summed E-state index contributed by atoms with van der Waals surface area (Å²) in [5.41, 5.74) is 2.83. The Labute approximate surface area is 168 Å². The number of carbonyl (C=O) groups excluding carboxylic acids is 1. The normalized spacial score (nSPS) is 12.1. The molecule has 12 heteroatoms. The Bertz CT molecular complexity index is 1170. The van der Waals surface area contributed by atoms with Crippen LogP contribution in [0.5, 0.6) is 0 Å². The fourth-order valence-corrected chi connectivity index (χ4v) is 2.69. The number of hydrogen-bond donors (Lipinski definition) is 4. The second-order valence-electron chi connectivity index (χ2n) is 5.99. The highest BCUT2D eigenvalue weighted by atomic mass is 35.5. The molecule has 150 valence electrons. The van der Waals surface area contributed by atoms with Gasteiger partial charge in [0.1, 0.15) is 11.2 Å². The summed E-state index contributed by atoms with van der Waals surface area (Å²) in [6.07, 6.45) is 1.39. The van der Waals surface area contributed by atoms with Crippen molar-refractivity contribution in [2.75, 3.05) is 5.32 Å². The molecule has 4 N–H and O–H groups in total. The highest BCUT2D eigenvalue weighted by molar-refractivity contribution is 6.32. The Morgan fingerprint density at radius 2 is 2.03 bits per heavy atom. The molecule has 3 rings (SSSR count). The Balaban J connectivity index is 1.68. The molecule has 1 amide bonds. The molecule has 29 heavy (non-hydrogen) atoms. The van der Waals surface area contributed by atoms with Gasteiger partial charge in [0.25, 0.3) is 11.5 Å². The van der Waals surface area contributed by atoms with Gasteiger partial charge in [-0.2, -0.15) is 10.2 Å². The number of para-hydroxylation sites is 1. The number of rotatable bonds is 6. The molecule has 0 aliphatic rings. The van der Waals surface area contributed by atoms with E-state index in [1.807, 2.05) is 35.3 Å². The number of nitrogens with one attached hydrogen (secondary N) is 4. The first-order valence-corrected chi connectivity index (χ1v) is 8.83. The van der Waals surface area contributed by atoms with Gasteiger partial charge in [-0.1, -0.05) is 29.8 Å². The molecular formula is C17H17ClN8O3. The quantitative estimate of drug-likeness (QED) is 0.340. The van der Waals surface area contributed by atoms with Crippen LogP contribution in [0.3, 0.4) is 0 Å². The first-order chi connectivity index (χ1) is 13.9. The number of hydrazone groups is 1. The zero-order valence-electron chi connectivity index (χ0n) is 15.4. The maximum atomic E-state index is 12.2. The summed E-state index contributed by atoms with van der Waals surface area (Å²) >= 11 is 6.39. The standard InChI is InChI=1S/C17H17ClN8O3/c1-9-12(13(18)26(25-9)11-6-4-3-5-7-11)8-19-23-15(27)10(2)20-14-16(28)21-17(29)24-22-14/h3-8,10H,1-2H3,(H,20,22)(H,23,27)(H2,21,24,28,29)/t10-/m1/s1. The van der Waals surface area contributed by atoms with E-state index in [0.717, 1.165) is 5.69 Å². The highest BCUT2D eigenvalue weighted by Gasteiger charge is 2.16. The third-order valence-electron chi connectivity index (χ3n) is 3.88. The largest absolute Gasteiger partial charge is 0.353 e. The number of aromatic amines is 2. The lowest BCUT2D eigenvalue weighted by atomic mass is 10.3. The van der Waals surface area contributed by atoms with Crippen LogP contribution in [-0.4, -0.2) is 43.1 Å². The van der Waals surface area contributed by atoms with Gasteiger partial charge in [-0.25, -0.2) is 20.0 Å². The number of benzene rings is 1. The van der Waals surface area contributed by atoms with E-state index in [0.29, 0.717) is 16.4 Å². The molecule has 0 spiro atoms. The Morgan fingerprint density at radius 1 is 1.31 bits per heavy atom. The van der Waals surface area contributed by atoms with Crippen LogP contribution < -0.4 is 22.0 Å². The maximum absolute atomic E-state index is 12.2. The van der Waals surface area contributed by atoms with Gasteiger partial charge in [0.05, 0.1) is 23.2 Å². The predicted molar refractivity (Wildman–Crippen MR) is 108 cm³/mol. The number of aromatic nitrogens is 5. The lowest BCUT2D eigenvalue weighted by Crippen LogP contribution is -2.38. The molecule has 0 fully saturated rings. The molecule has 3 aromatic rings. The second-order valence-corrected chi connectivity index (χ2v) is 6.35. The molecule has 2 heterocycles. The van der Waals surface area contributed by atoms with Gasteiger partial charge in [-0.3, -0.25) is 14.6 Å². The molecule has 0 saturated carbocycles. The third-order valence-corrected chi connectivity index (χ3v) is 4.24. The number of aryl methyl sites for hydroxylation is 1. The van der Waals surface area contributed by atoms with Gasteiger partial charge in [0, 0.05) is 0 Å². The third kappa shape index (κ3) is 4.58. The van der Waals surface area contributed by atoms with Crippen LogP contribution in [0.2, 0.25) is 5.15 Å². The minimum atomic E-state index is -0.852. The van der Waals surface area contributed by atoms with E-state index in [1.165, 1.54) is 13.1 Å². The number of hydrogen-bond acceptors (Lipinski definition) is 7. The SMILES string of the molecule is Cc1nn(-c2ccccc2)c(Cl)c1C=NNC(=O)[C@@H](C)Nc1n[nH]c(=O)[nH]c1=O. The molecular weight excluding hydrogens is 400 g/mol. The Morgan fingerprint density at radius 3 is 2.72 bits per heavy atom. The number of carbonyl (C=O) groups is 1. The summed E-state index contributed by atoms with van der Waals surface area (Å²) in [6, 6.07) is 8.50. The summed E-state index contributed by atoms with van der Waals surface area (Å²) in [6.45, 7) is 3.27. The van der Waals surface area contributed by atoms with Gasteiger partial charge in [-0.15, -0.1) is 5.10 Å². The molecule has 1 aromatic carbocycles. The lowest BCUT2D eigenvalue weighted by molar-refractivity contribution is -0.121. The van der Waals surface area contributed by atoms with Crippen LogP contribution in [0.25, 0.3) is 5.69 Å². The van der Waals surface area contributed by atoms with Gasteiger partial charge in [-0.05, 0) is 26.0 Å². The number of anilines is 1. The maximum Gasteiger partial charge on any atom is 0.342 e. The zero-order chi connectivity index (χ0) is 21.0. The van der Waals surface area contributed by atoms with E-state index in [9.17, 15) is 14.4 Å². The van der Waals surface area contributed by atoms with E-state index in [1.54, 1.807) is 11.6 Å². The van der Waals surface area contributed by atoms with E-state index >= 15 is 0 Å². The first kappa shape index (κ1) is 20.0. The number of amides is 1. The van der Waals surface area contributed by atoms with Crippen molar-refractivity contribution in [2.24, 2.45) is 5.10 Å². The number of halogens is 1. The lowest BCUT2D eigenvalue weighted by Gasteiger charge is -2.11. The van der Waals surface area contributed by atoms with Crippen LogP contribution >= 0.6 is 11.6 Å². The van der Waals surface area contributed by atoms with Crippen molar-refractivity contribution < 1.29 is 4.79 Å². The van der Waals surface area contributed by atoms with Crippen molar-refractivity contribution in [1.82, 2.24) is 30.4 Å². The topological polar surface area (TPSA) is 150 Å². The van der Waals surface area contributed by atoms with Crippen LogP contribution in [0.4, 0.5) is 5.82 Å². The van der Waals surface area contributed by atoms with E-state index in [4.69, 9.17) is 11.6 Å². The van der Waals surface area contributed by atoms with Gasteiger partial charge < -0.3 is 5.32 Å². The van der Waals surface area contributed by atoms with Crippen molar-refractivity contribution >= 4 is 29.5 Å². The minimum Gasteiger partial charge on any atom is -0.353 e. The van der Waals surface area contributed by atoms with Gasteiger partial charge in [0.2, 0.25) is 5.82 Å². The van der Waals surface area contributed by atoms with Crippen LogP contribution in [-0.2, 0) is 4.79 Å². The van der Waals surface area contributed by atoms with E-state index in [-0.39, 0.29) is 5.82 Å². The molecule has 0 saturated heterocycles. The van der Waals surface area contributed by atoms with E-state index < -0.39 is 23.2 Å². The number of H-pyrrole nitrogens is 2. The van der Waals surface area contributed by atoms with Crippen LogP contribution in [0.1, 0.15) is 18.2 Å². The van der Waals surface area contributed by atoms with Crippen molar-refractivity contribution in [3.05, 3.63) is 67.6 Å². The van der Waals surface area contributed by atoms with E-state index in [2.05, 4.69) is 31.1 Å². The fraction of sp³-hybridized carbons (Fsp3) is 0.176. The molecule has 1 atom stereocenters. The summed E-state index contributed by atoms with van der Waals surface area (Å²) < 4.78 is 1.57. The van der Waals surface area contributed by atoms with Crippen molar-refractivity contribution in [2.45, 2.75) is 19.9 Å².